The summed E-state index contributed by atoms with van der Waals surface area (Å²) in [7, 11) is 0. The minimum Gasteiger partial charge on any atom is -0.462 e. The Balaban J connectivity index is 2.23. The van der Waals surface area contributed by atoms with Crippen molar-refractivity contribution in [3.05, 3.63) is 46.0 Å². The molecule has 1 aromatic carbocycles. The Bertz CT molecular complexity index is 702. The van der Waals surface area contributed by atoms with Gasteiger partial charge in [0.15, 0.2) is 0 Å². The molecule has 1 aliphatic rings. The van der Waals surface area contributed by atoms with Crippen LogP contribution in [-0.2, 0) is 14.3 Å². The number of aryl methyl sites for hydroxylation is 1. The van der Waals surface area contributed by atoms with Crippen molar-refractivity contribution in [1.82, 2.24) is 5.32 Å². The first-order valence-corrected chi connectivity index (χ1v) is 8.72. The zero-order chi connectivity index (χ0) is 17.7. The Kier molecular flexibility index (Phi) is 6.04. The number of carbonyl (C=O) groups is 2. The summed E-state index contributed by atoms with van der Waals surface area (Å²) in [6, 6.07) is 9.99. The van der Waals surface area contributed by atoms with Crippen molar-refractivity contribution in [3.8, 4) is 6.07 Å². The SMILES string of the molecule is Cc1ccc([C@@H]2CC(=O)NC(SCC(=O)OC(C)C)=C2C#N)cc1. The van der Waals surface area contributed by atoms with Crippen molar-refractivity contribution in [3.63, 3.8) is 0 Å². The molecule has 0 spiro atoms. The molecule has 1 heterocycles. The highest BCUT2D eigenvalue weighted by atomic mass is 32.2. The standard InChI is InChI=1S/C18H20N2O3S/c1-11(2)23-17(22)10-24-18-15(9-19)14(8-16(21)20-18)13-6-4-12(3)5-7-13/h4-7,11,14H,8,10H2,1-3H3,(H,20,21)/t14-/m0/s1. The highest BCUT2D eigenvalue weighted by molar-refractivity contribution is 8.03. The number of nitrogens with one attached hydrogen (secondary N) is 1. The van der Waals surface area contributed by atoms with Crippen molar-refractivity contribution in [2.24, 2.45) is 0 Å². The van der Waals surface area contributed by atoms with Gasteiger partial charge in [-0.25, -0.2) is 0 Å². The van der Waals surface area contributed by atoms with Crippen LogP contribution in [0.3, 0.4) is 0 Å². The molecule has 1 aromatic rings. The molecular formula is C18H20N2O3S. The normalized spacial score (nSPS) is 17.5. The van der Waals surface area contributed by atoms with Gasteiger partial charge in [0.05, 0.1) is 28.5 Å². The van der Waals surface area contributed by atoms with Crippen LogP contribution in [0.1, 0.15) is 37.3 Å². The Hall–Kier alpha value is -2.26. The number of amides is 1. The highest BCUT2D eigenvalue weighted by Gasteiger charge is 2.29. The predicted molar refractivity (Wildman–Crippen MR) is 93.0 cm³/mol. The van der Waals surface area contributed by atoms with Gasteiger partial charge in [-0.1, -0.05) is 41.6 Å². The van der Waals surface area contributed by atoms with Crippen LogP contribution in [-0.4, -0.2) is 23.7 Å². The molecule has 126 valence electrons. The number of nitriles is 1. The third-order valence-electron chi connectivity index (χ3n) is 3.54. The van der Waals surface area contributed by atoms with E-state index in [1.807, 2.05) is 31.2 Å². The molecule has 0 saturated heterocycles. The van der Waals surface area contributed by atoms with Crippen LogP contribution in [0.2, 0.25) is 0 Å². The van der Waals surface area contributed by atoms with Crippen molar-refractivity contribution < 1.29 is 14.3 Å². The van der Waals surface area contributed by atoms with Gasteiger partial charge in [-0.05, 0) is 26.3 Å². The number of esters is 1. The van der Waals surface area contributed by atoms with Gasteiger partial charge in [0, 0.05) is 12.3 Å². The average Bonchev–Trinajstić information content (AvgIpc) is 2.52. The predicted octanol–water partition coefficient (Wildman–Crippen LogP) is 3.02. The summed E-state index contributed by atoms with van der Waals surface area (Å²) in [5.74, 6) is -0.752. The fraction of sp³-hybridized carbons (Fsp3) is 0.389. The topological polar surface area (TPSA) is 79.2 Å². The summed E-state index contributed by atoms with van der Waals surface area (Å²) in [6.07, 6.45) is 0.0377. The van der Waals surface area contributed by atoms with Gasteiger partial charge in [-0.3, -0.25) is 9.59 Å². The van der Waals surface area contributed by atoms with Crippen LogP contribution in [0, 0.1) is 18.3 Å². The van der Waals surface area contributed by atoms with Gasteiger partial charge in [-0.2, -0.15) is 5.26 Å². The number of benzene rings is 1. The first kappa shape index (κ1) is 18.1. The Morgan fingerprint density at radius 3 is 2.67 bits per heavy atom. The lowest BCUT2D eigenvalue weighted by Crippen LogP contribution is -2.31. The van der Waals surface area contributed by atoms with Gasteiger partial charge in [0.1, 0.15) is 0 Å². The Morgan fingerprint density at radius 2 is 2.08 bits per heavy atom. The van der Waals surface area contributed by atoms with Crippen molar-refractivity contribution in [2.75, 3.05) is 5.75 Å². The third-order valence-corrected chi connectivity index (χ3v) is 4.53. The molecule has 1 atom stereocenters. The molecule has 0 fully saturated rings. The molecule has 1 aliphatic heterocycles. The van der Waals surface area contributed by atoms with Crippen LogP contribution in [0.5, 0.6) is 0 Å². The van der Waals surface area contributed by atoms with Gasteiger partial charge in [-0.15, -0.1) is 0 Å². The molecular weight excluding hydrogens is 324 g/mol. The van der Waals surface area contributed by atoms with E-state index in [1.54, 1.807) is 13.8 Å². The molecule has 5 nitrogen and oxygen atoms in total. The van der Waals surface area contributed by atoms with Gasteiger partial charge in [0.2, 0.25) is 5.91 Å². The molecule has 1 amide bonds. The number of allylic oxidation sites excluding steroid dienone is 1. The van der Waals surface area contributed by atoms with Crippen molar-refractivity contribution >= 4 is 23.6 Å². The van der Waals surface area contributed by atoms with E-state index in [0.717, 1.165) is 22.9 Å². The lowest BCUT2D eigenvalue weighted by Gasteiger charge is -2.25. The average molecular weight is 344 g/mol. The van der Waals surface area contributed by atoms with E-state index in [2.05, 4.69) is 11.4 Å². The van der Waals surface area contributed by atoms with E-state index in [-0.39, 0.29) is 36.1 Å². The molecule has 24 heavy (non-hydrogen) atoms. The van der Waals surface area contributed by atoms with Gasteiger partial charge in [0.25, 0.3) is 0 Å². The van der Waals surface area contributed by atoms with Gasteiger partial charge < -0.3 is 10.1 Å². The van der Waals surface area contributed by atoms with E-state index in [9.17, 15) is 14.9 Å². The zero-order valence-electron chi connectivity index (χ0n) is 14.0. The molecule has 2 rings (SSSR count). The highest BCUT2D eigenvalue weighted by Crippen LogP contribution is 2.35. The molecule has 0 radical (unpaired) electrons. The second-order valence-corrected chi connectivity index (χ2v) is 6.88. The lowest BCUT2D eigenvalue weighted by atomic mass is 9.87. The fourth-order valence-corrected chi connectivity index (χ4v) is 3.30. The van der Waals surface area contributed by atoms with Crippen LogP contribution in [0.15, 0.2) is 34.9 Å². The van der Waals surface area contributed by atoms with E-state index in [1.165, 1.54) is 0 Å². The van der Waals surface area contributed by atoms with Crippen LogP contribution < -0.4 is 5.32 Å². The zero-order valence-corrected chi connectivity index (χ0v) is 14.8. The number of rotatable bonds is 5. The summed E-state index contributed by atoms with van der Waals surface area (Å²) in [6.45, 7) is 5.54. The Morgan fingerprint density at radius 1 is 1.42 bits per heavy atom. The molecule has 0 aromatic heterocycles. The van der Waals surface area contributed by atoms with E-state index >= 15 is 0 Å². The second kappa shape index (κ2) is 8.02. The summed E-state index contributed by atoms with van der Waals surface area (Å²) in [4.78, 5) is 23.7. The quantitative estimate of drug-likeness (QED) is 0.831. The van der Waals surface area contributed by atoms with Crippen LogP contribution in [0.25, 0.3) is 0 Å². The van der Waals surface area contributed by atoms with Crippen LogP contribution >= 0.6 is 11.8 Å². The van der Waals surface area contributed by atoms with E-state index in [4.69, 9.17) is 4.74 Å². The molecule has 0 saturated carbocycles. The minimum atomic E-state index is -0.369. The molecule has 6 heteroatoms. The smallest absolute Gasteiger partial charge is 0.316 e. The molecule has 1 N–H and O–H groups in total. The molecule has 0 bridgehead atoms. The van der Waals surface area contributed by atoms with Crippen molar-refractivity contribution in [2.45, 2.75) is 39.2 Å². The maximum atomic E-state index is 12.0. The number of carbonyl (C=O) groups excluding carboxylic acids is 2. The summed E-state index contributed by atoms with van der Waals surface area (Å²) < 4.78 is 5.08. The van der Waals surface area contributed by atoms with Gasteiger partial charge >= 0.3 is 5.97 Å². The Labute approximate surface area is 146 Å². The lowest BCUT2D eigenvalue weighted by molar-refractivity contribution is -0.144. The second-order valence-electron chi connectivity index (χ2n) is 5.90. The summed E-state index contributed by atoms with van der Waals surface area (Å²) >= 11 is 1.14. The largest absolute Gasteiger partial charge is 0.462 e. The number of ether oxygens (including phenoxy) is 1. The monoisotopic (exact) mass is 344 g/mol. The fourth-order valence-electron chi connectivity index (χ4n) is 2.44. The van der Waals surface area contributed by atoms with E-state index in [0.29, 0.717) is 10.6 Å². The summed E-state index contributed by atoms with van der Waals surface area (Å²) in [5.41, 5.74) is 2.53. The maximum absolute atomic E-state index is 12.0. The number of thioether (sulfide) groups is 1. The van der Waals surface area contributed by atoms with Crippen molar-refractivity contribution in [1.29, 1.82) is 5.26 Å². The molecule has 0 aliphatic carbocycles. The van der Waals surface area contributed by atoms with E-state index < -0.39 is 0 Å². The first-order valence-electron chi connectivity index (χ1n) is 7.73. The number of hydrogen-bond donors (Lipinski definition) is 1. The minimum absolute atomic E-state index is 0.0551. The third kappa shape index (κ3) is 4.62. The first-order chi connectivity index (χ1) is 11.4. The summed E-state index contributed by atoms with van der Waals surface area (Å²) in [5, 5.41) is 12.7. The van der Waals surface area contributed by atoms with Crippen LogP contribution in [0.4, 0.5) is 0 Å². The number of hydrogen-bond acceptors (Lipinski definition) is 5. The number of nitrogens with zero attached hydrogens (tertiary/aromatic N) is 1. The molecule has 0 unspecified atom stereocenters. The maximum Gasteiger partial charge on any atom is 0.316 e.